The Morgan fingerprint density at radius 1 is 1.12 bits per heavy atom. The molecule has 0 atom stereocenters. The number of benzene rings is 1. The Balaban J connectivity index is 2.06. The Morgan fingerprint density at radius 2 is 1.77 bits per heavy atom. The Kier molecular flexibility index (Phi) is 5.24. The fraction of sp³-hybridized carbons (Fsp3) is 0.524. The first-order valence-corrected chi connectivity index (χ1v) is 9.85. The maximum atomic E-state index is 13.4. The highest BCUT2D eigenvalue weighted by Crippen LogP contribution is 2.52. The third-order valence-electron chi connectivity index (χ3n) is 5.33. The van der Waals surface area contributed by atoms with Crippen LogP contribution in [-0.4, -0.2) is 11.8 Å². The van der Waals surface area contributed by atoms with Gasteiger partial charge in [-0.2, -0.15) is 0 Å². The number of hydrogen-bond donors (Lipinski definition) is 0. The van der Waals surface area contributed by atoms with Gasteiger partial charge in [0.2, 0.25) is 0 Å². The van der Waals surface area contributed by atoms with Crippen LogP contribution in [0.25, 0.3) is 5.57 Å². The standard InChI is InChI=1S/C21H24Cl2O3/c1-20(2,3)19(25)26-16-12-21(9-5-4-6-10-21)18(24)17(16)14-8-7-13(22)11-15(14)23/h7-8,11H,4-6,9-10,12H2,1-3H3. The van der Waals surface area contributed by atoms with Crippen molar-refractivity contribution in [2.24, 2.45) is 10.8 Å². The fourth-order valence-corrected chi connectivity index (χ4v) is 4.32. The third kappa shape index (κ3) is 3.57. The van der Waals surface area contributed by atoms with E-state index >= 15 is 0 Å². The highest BCUT2D eigenvalue weighted by Gasteiger charge is 2.49. The molecule has 0 aromatic heterocycles. The molecule has 1 aromatic carbocycles. The molecular weight excluding hydrogens is 371 g/mol. The molecule has 3 nitrogen and oxygen atoms in total. The molecule has 1 fully saturated rings. The highest BCUT2D eigenvalue weighted by molar-refractivity contribution is 6.38. The smallest absolute Gasteiger partial charge is 0.316 e. The number of ketones is 1. The lowest BCUT2D eigenvalue weighted by Crippen LogP contribution is -2.30. The van der Waals surface area contributed by atoms with E-state index in [4.69, 9.17) is 27.9 Å². The van der Waals surface area contributed by atoms with Crippen LogP contribution in [0.15, 0.2) is 24.0 Å². The zero-order chi connectivity index (χ0) is 19.1. The summed E-state index contributed by atoms with van der Waals surface area (Å²) in [4.78, 5) is 25.9. The molecule has 1 aromatic rings. The quantitative estimate of drug-likeness (QED) is 0.559. The van der Waals surface area contributed by atoms with Gasteiger partial charge in [-0.1, -0.05) is 48.5 Å². The van der Waals surface area contributed by atoms with Crippen LogP contribution < -0.4 is 0 Å². The van der Waals surface area contributed by atoms with Crippen LogP contribution >= 0.6 is 23.2 Å². The number of ether oxygens (including phenoxy) is 1. The summed E-state index contributed by atoms with van der Waals surface area (Å²) in [5, 5.41) is 0.906. The van der Waals surface area contributed by atoms with E-state index in [-0.39, 0.29) is 11.8 Å². The zero-order valence-corrected chi connectivity index (χ0v) is 17.0. The molecule has 0 aliphatic heterocycles. The summed E-state index contributed by atoms with van der Waals surface area (Å²) < 4.78 is 5.75. The largest absolute Gasteiger partial charge is 0.430 e. The second-order valence-electron chi connectivity index (χ2n) is 8.41. The molecule has 1 spiro atoms. The third-order valence-corrected chi connectivity index (χ3v) is 5.87. The minimum Gasteiger partial charge on any atom is -0.430 e. The van der Waals surface area contributed by atoms with Crippen LogP contribution in [0, 0.1) is 10.8 Å². The van der Waals surface area contributed by atoms with Gasteiger partial charge in [-0.3, -0.25) is 9.59 Å². The molecule has 1 saturated carbocycles. The molecule has 0 N–H and O–H groups in total. The van der Waals surface area contributed by atoms with E-state index in [0.717, 1.165) is 32.1 Å². The zero-order valence-electron chi connectivity index (χ0n) is 15.5. The van der Waals surface area contributed by atoms with E-state index in [0.29, 0.717) is 33.4 Å². The Labute approximate surface area is 164 Å². The average molecular weight is 395 g/mol. The monoisotopic (exact) mass is 394 g/mol. The minimum absolute atomic E-state index is 0.0538. The maximum absolute atomic E-state index is 13.4. The van der Waals surface area contributed by atoms with E-state index < -0.39 is 10.8 Å². The molecular formula is C21H24Cl2O3. The van der Waals surface area contributed by atoms with E-state index in [1.807, 2.05) is 0 Å². The van der Waals surface area contributed by atoms with E-state index in [1.165, 1.54) is 0 Å². The number of rotatable bonds is 2. The predicted octanol–water partition coefficient (Wildman–Crippen LogP) is 6.22. The molecule has 2 aliphatic rings. The van der Waals surface area contributed by atoms with Gasteiger partial charge in [0.25, 0.3) is 0 Å². The van der Waals surface area contributed by atoms with Crippen LogP contribution in [0.5, 0.6) is 0 Å². The van der Waals surface area contributed by atoms with Crippen LogP contribution in [0.4, 0.5) is 0 Å². The van der Waals surface area contributed by atoms with Crippen molar-refractivity contribution in [1.29, 1.82) is 0 Å². The summed E-state index contributed by atoms with van der Waals surface area (Å²) in [5.41, 5.74) is -0.0523. The topological polar surface area (TPSA) is 43.4 Å². The van der Waals surface area contributed by atoms with Crippen molar-refractivity contribution in [1.82, 2.24) is 0 Å². The van der Waals surface area contributed by atoms with E-state index in [9.17, 15) is 9.59 Å². The van der Waals surface area contributed by atoms with Crippen molar-refractivity contribution in [2.75, 3.05) is 0 Å². The first kappa shape index (κ1) is 19.4. The van der Waals surface area contributed by atoms with Gasteiger partial charge < -0.3 is 4.74 Å². The lowest BCUT2D eigenvalue weighted by Gasteiger charge is -2.32. The van der Waals surface area contributed by atoms with Gasteiger partial charge in [0.1, 0.15) is 5.76 Å². The molecule has 5 heteroatoms. The predicted molar refractivity (Wildman–Crippen MR) is 104 cm³/mol. The lowest BCUT2D eigenvalue weighted by atomic mass is 9.70. The van der Waals surface area contributed by atoms with Gasteiger partial charge in [-0.25, -0.2) is 0 Å². The summed E-state index contributed by atoms with van der Waals surface area (Å²) in [5.74, 6) is 0.176. The van der Waals surface area contributed by atoms with Gasteiger partial charge in [0, 0.05) is 22.4 Å². The van der Waals surface area contributed by atoms with Gasteiger partial charge >= 0.3 is 5.97 Å². The minimum atomic E-state index is -0.646. The Bertz CT molecular complexity index is 781. The molecule has 0 radical (unpaired) electrons. The van der Waals surface area contributed by atoms with Crippen LogP contribution in [-0.2, 0) is 14.3 Å². The first-order chi connectivity index (χ1) is 12.1. The average Bonchev–Trinajstić information content (AvgIpc) is 2.80. The van der Waals surface area contributed by atoms with Crippen molar-refractivity contribution in [2.45, 2.75) is 59.3 Å². The summed E-state index contributed by atoms with van der Waals surface area (Å²) in [7, 11) is 0. The molecule has 0 bridgehead atoms. The normalized spacial score (nSPS) is 20.0. The van der Waals surface area contributed by atoms with Crippen molar-refractivity contribution in [3.8, 4) is 0 Å². The van der Waals surface area contributed by atoms with E-state index in [1.54, 1.807) is 39.0 Å². The van der Waals surface area contributed by atoms with Crippen molar-refractivity contribution in [3.05, 3.63) is 39.6 Å². The summed E-state index contributed by atoms with van der Waals surface area (Å²) in [6, 6.07) is 5.07. The number of carbonyl (C=O) groups excluding carboxylic acids is 2. The number of halogens is 2. The fourth-order valence-electron chi connectivity index (χ4n) is 3.82. The molecule has 140 valence electrons. The number of allylic oxidation sites excluding steroid dienone is 2. The lowest BCUT2D eigenvalue weighted by molar-refractivity contribution is -0.149. The van der Waals surface area contributed by atoms with Crippen molar-refractivity contribution < 1.29 is 14.3 Å². The second kappa shape index (κ2) is 7.01. The number of hydrogen-bond acceptors (Lipinski definition) is 3. The number of carbonyl (C=O) groups is 2. The molecule has 3 rings (SSSR count). The second-order valence-corrected chi connectivity index (χ2v) is 9.25. The summed E-state index contributed by atoms with van der Waals surface area (Å²) >= 11 is 12.4. The van der Waals surface area contributed by atoms with Crippen LogP contribution in [0.1, 0.15) is 64.9 Å². The van der Waals surface area contributed by atoms with Crippen molar-refractivity contribution >= 4 is 40.5 Å². The van der Waals surface area contributed by atoms with Gasteiger partial charge in [0.05, 0.1) is 16.0 Å². The molecule has 0 amide bonds. The molecule has 0 unspecified atom stereocenters. The molecule has 26 heavy (non-hydrogen) atoms. The Morgan fingerprint density at radius 3 is 2.35 bits per heavy atom. The number of Topliss-reactive ketones (excluding diaryl/α,β-unsaturated/α-hetero) is 1. The van der Waals surface area contributed by atoms with Gasteiger partial charge in [-0.05, 0) is 45.7 Å². The van der Waals surface area contributed by atoms with Gasteiger partial charge in [0.15, 0.2) is 5.78 Å². The van der Waals surface area contributed by atoms with Crippen LogP contribution in [0.2, 0.25) is 10.0 Å². The number of esters is 1. The summed E-state index contributed by atoms with van der Waals surface area (Å²) in [6.45, 7) is 5.41. The molecule has 2 aliphatic carbocycles. The molecule has 0 heterocycles. The first-order valence-electron chi connectivity index (χ1n) is 9.10. The molecule has 0 saturated heterocycles. The Hall–Kier alpha value is -1.32. The van der Waals surface area contributed by atoms with E-state index in [2.05, 4.69) is 0 Å². The summed E-state index contributed by atoms with van der Waals surface area (Å²) in [6.07, 6.45) is 5.32. The SMILES string of the molecule is CC(C)(C)C(=O)OC1=C(c2ccc(Cl)cc2Cl)C(=O)C2(CCCCC2)C1. The van der Waals surface area contributed by atoms with Crippen LogP contribution in [0.3, 0.4) is 0 Å². The van der Waals surface area contributed by atoms with Crippen molar-refractivity contribution in [3.63, 3.8) is 0 Å². The van der Waals surface area contributed by atoms with Gasteiger partial charge in [-0.15, -0.1) is 0 Å². The highest BCUT2D eigenvalue weighted by atomic mass is 35.5. The maximum Gasteiger partial charge on any atom is 0.316 e.